The van der Waals surface area contributed by atoms with Gasteiger partial charge in [0.1, 0.15) is 0 Å². The first kappa shape index (κ1) is 10.5. The first-order valence-electron chi connectivity index (χ1n) is 5.25. The lowest BCUT2D eigenvalue weighted by Crippen LogP contribution is -2.53. The monoisotopic (exact) mass is 215 g/mol. The molecule has 2 saturated heterocycles. The van der Waals surface area contributed by atoms with Crippen molar-refractivity contribution in [1.29, 1.82) is 0 Å². The predicted molar refractivity (Wildman–Crippen MR) is 60.2 cm³/mol. The zero-order chi connectivity index (χ0) is 9.80. The zero-order valence-corrected chi connectivity index (χ0v) is 9.46. The second kappa shape index (κ2) is 5.19. The Kier molecular flexibility index (Phi) is 3.90. The number of ether oxygens (including phenoxy) is 1. The fraction of sp³-hybridized carbons (Fsp3) is 0.889. The van der Waals surface area contributed by atoms with Crippen molar-refractivity contribution in [2.24, 2.45) is 0 Å². The molecular weight excluding hydrogens is 197 g/mol. The van der Waals surface area contributed by atoms with Crippen molar-refractivity contribution in [2.75, 3.05) is 52.5 Å². The minimum absolute atomic E-state index is 0.847. The molecule has 2 heterocycles. The molecule has 0 atom stereocenters. The van der Waals surface area contributed by atoms with Crippen LogP contribution >= 0.6 is 8.86 Å². The van der Waals surface area contributed by atoms with E-state index in [9.17, 15) is 0 Å². The van der Waals surface area contributed by atoms with E-state index < -0.39 is 0 Å². The minimum Gasteiger partial charge on any atom is -0.379 e. The maximum Gasteiger partial charge on any atom is 0.0833 e. The van der Waals surface area contributed by atoms with Gasteiger partial charge in [0, 0.05) is 39.3 Å². The van der Waals surface area contributed by atoms with Crippen LogP contribution in [-0.4, -0.2) is 67.8 Å². The fourth-order valence-corrected chi connectivity index (χ4v) is 2.30. The first-order chi connectivity index (χ1) is 6.88. The van der Waals surface area contributed by atoms with E-state index in [1.807, 2.05) is 0 Å². The van der Waals surface area contributed by atoms with Crippen LogP contribution in [0.4, 0.5) is 0 Å². The van der Waals surface area contributed by atoms with Crippen molar-refractivity contribution in [3.05, 3.63) is 0 Å². The highest BCUT2D eigenvalue weighted by Crippen LogP contribution is 2.05. The number of hydrogen-bond acceptors (Lipinski definition) is 2. The van der Waals surface area contributed by atoms with Crippen molar-refractivity contribution in [2.45, 2.75) is 0 Å². The molecule has 0 bridgehead atoms. The van der Waals surface area contributed by atoms with Gasteiger partial charge in [0.05, 0.1) is 18.8 Å². The highest BCUT2D eigenvalue weighted by molar-refractivity contribution is 7.20. The third kappa shape index (κ3) is 2.53. The molecule has 0 aliphatic carbocycles. The van der Waals surface area contributed by atoms with E-state index >= 15 is 0 Å². The SMILES string of the molecule is P=C(N1CCNCC1)N1CCOCC1. The summed E-state index contributed by atoms with van der Waals surface area (Å²) in [4.78, 5) is 4.74. The Morgan fingerprint density at radius 2 is 1.57 bits per heavy atom. The quantitative estimate of drug-likeness (QED) is 0.626. The summed E-state index contributed by atoms with van der Waals surface area (Å²) in [6.45, 7) is 8.05. The van der Waals surface area contributed by atoms with E-state index in [0.717, 1.165) is 52.5 Å². The summed E-state index contributed by atoms with van der Waals surface area (Å²) in [5.74, 6) is 0. The molecule has 0 amide bonds. The van der Waals surface area contributed by atoms with Gasteiger partial charge >= 0.3 is 0 Å². The van der Waals surface area contributed by atoms with Crippen LogP contribution in [0.3, 0.4) is 0 Å². The molecule has 0 aromatic heterocycles. The lowest BCUT2D eigenvalue weighted by Gasteiger charge is -2.36. The number of nitrogens with one attached hydrogen (secondary N) is 1. The van der Waals surface area contributed by atoms with E-state index in [1.165, 1.54) is 5.54 Å². The third-order valence-corrected chi connectivity index (χ3v) is 3.36. The molecule has 5 heteroatoms. The second-order valence-corrected chi connectivity index (χ2v) is 4.11. The molecule has 2 fully saturated rings. The second-order valence-electron chi connectivity index (χ2n) is 3.66. The van der Waals surface area contributed by atoms with Crippen molar-refractivity contribution in [3.63, 3.8) is 0 Å². The molecule has 4 nitrogen and oxygen atoms in total. The Morgan fingerprint density at radius 3 is 2.21 bits per heavy atom. The van der Waals surface area contributed by atoms with Crippen molar-refractivity contribution < 1.29 is 4.74 Å². The summed E-state index contributed by atoms with van der Waals surface area (Å²) in [5.41, 5.74) is 1.23. The number of hydrogen-bond donors (Lipinski definition) is 1. The van der Waals surface area contributed by atoms with Crippen LogP contribution in [0.1, 0.15) is 0 Å². The predicted octanol–water partition coefficient (Wildman–Crippen LogP) is -0.546. The Balaban J connectivity index is 1.85. The summed E-state index contributed by atoms with van der Waals surface area (Å²) in [7, 11) is 3.74. The summed E-state index contributed by atoms with van der Waals surface area (Å²) in [6, 6.07) is 0. The summed E-state index contributed by atoms with van der Waals surface area (Å²) in [5, 5.41) is 3.35. The lowest BCUT2D eigenvalue weighted by molar-refractivity contribution is 0.0632. The largest absolute Gasteiger partial charge is 0.379 e. The molecule has 14 heavy (non-hydrogen) atoms. The molecule has 0 spiro atoms. The van der Waals surface area contributed by atoms with Gasteiger partial charge in [-0.05, 0) is 0 Å². The van der Waals surface area contributed by atoms with Gasteiger partial charge in [-0.2, -0.15) is 0 Å². The molecule has 0 saturated carbocycles. The van der Waals surface area contributed by atoms with E-state index in [4.69, 9.17) is 4.74 Å². The number of rotatable bonds is 2. The van der Waals surface area contributed by atoms with Gasteiger partial charge in [0.2, 0.25) is 0 Å². The van der Waals surface area contributed by atoms with Crippen molar-refractivity contribution >= 4 is 14.4 Å². The topological polar surface area (TPSA) is 27.7 Å². The maximum atomic E-state index is 5.33. The Bertz CT molecular complexity index is 180. The van der Waals surface area contributed by atoms with Gasteiger partial charge in [-0.1, -0.05) is 8.86 Å². The third-order valence-electron chi connectivity index (χ3n) is 2.73. The average molecular weight is 215 g/mol. The lowest BCUT2D eigenvalue weighted by atomic mass is 10.3. The summed E-state index contributed by atoms with van der Waals surface area (Å²) < 4.78 is 5.33. The van der Waals surface area contributed by atoms with Crippen LogP contribution < -0.4 is 5.32 Å². The standard InChI is InChI=1S/C9H18N3OP/c14-9(11-3-1-10-2-4-11)12-5-7-13-8-6-12/h10,14H,1-8H2. The zero-order valence-electron chi connectivity index (χ0n) is 8.46. The van der Waals surface area contributed by atoms with Crippen molar-refractivity contribution in [1.82, 2.24) is 15.1 Å². The highest BCUT2D eigenvalue weighted by atomic mass is 31.0. The molecule has 1 N–H and O–H groups in total. The average Bonchev–Trinajstić information content (AvgIpc) is 2.30. The summed E-state index contributed by atoms with van der Waals surface area (Å²) >= 11 is 0. The van der Waals surface area contributed by atoms with Crippen LogP contribution in [0.5, 0.6) is 0 Å². The first-order valence-corrected chi connectivity index (χ1v) is 5.75. The van der Waals surface area contributed by atoms with Gasteiger partial charge in [-0.15, -0.1) is 0 Å². The fourth-order valence-electron chi connectivity index (χ4n) is 1.85. The molecule has 2 aliphatic rings. The molecule has 0 radical (unpaired) electrons. The van der Waals surface area contributed by atoms with Crippen LogP contribution in [0.25, 0.3) is 0 Å². The molecule has 0 aromatic carbocycles. The smallest absolute Gasteiger partial charge is 0.0833 e. The van der Waals surface area contributed by atoms with E-state index in [-0.39, 0.29) is 0 Å². The van der Waals surface area contributed by atoms with Crippen molar-refractivity contribution in [3.8, 4) is 0 Å². The molecule has 0 unspecified atom stereocenters. The highest BCUT2D eigenvalue weighted by Gasteiger charge is 2.20. The van der Waals surface area contributed by atoms with E-state index in [2.05, 4.69) is 24.0 Å². The normalized spacial score (nSPS) is 26.3. The van der Waals surface area contributed by atoms with Crippen LogP contribution in [-0.2, 0) is 4.74 Å². The Labute approximate surface area is 87.4 Å². The van der Waals surface area contributed by atoms with E-state index in [1.54, 1.807) is 0 Å². The molecular formula is C9H18N3OP. The summed E-state index contributed by atoms with van der Waals surface area (Å²) in [6.07, 6.45) is 0. The van der Waals surface area contributed by atoms with Gasteiger partial charge in [-0.25, -0.2) is 0 Å². The number of piperazine rings is 1. The number of morpholine rings is 1. The number of nitrogens with zero attached hydrogens (tertiary/aromatic N) is 2. The van der Waals surface area contributed by atoms with E-state index in [0.29, 0.717) is 0 Å². The van der Waals surface area contributed by atoms with Gasteiger partial charge < -0.3 is 10.1 Å². The van der Waals surface area contributed by atoms with Crippen LogP contribution in [0, 0.1) is 0 Å². The van der Waals surface area contributed by atoms with Gasteiger partial charge in [0.15, 0.2) is 0 Å². The minimum atomic E-state index is 0.847. The Morgan fingerprint density at radius 1 is 1.00 bits per heavy atom. The molecule has 0 aromatic rings. The molecule has 80 valence electrons. The maximum absolute atomic E-state index is 5.33. The van der Waals surface area contributed by atoms with Crippen LogP contribution in [0.2, 0.25) is 0 Å². The van der Waals surface area contributed by atoms with Gasteiger partial charge in [0.25, 0.3) is 0 Å². The van der Waals surface area contributed by atoms with Gasteiger partial charge in [-0.3, -0.25) is 9.80 Å². The Hall–Kier alpha value is 0.01000. The molecule has 2 rings (SSSR count). The van der Waals surface area contributed by atoms with Crippen LogP contribution in [0.15, 0.2) is 0 Å². The molecule has 2 aliphatic heterocycles.